The third kappa shape index (κ3) is 3.29. The van der Waals surface area contributed by atoms with Gasteiger partial charge in [0.25, 0.3) is 5.70 Å². The maximum absolute atomic E-state index is 9.96. The zero-order valence-corrected chi connectivity index (χ0v) is 7.25. The Balaban J connectivity index is 0. The molecule has 0 bridgehead atoms. The Bertz CT molecular complexity index is 153. The lowest BCUT2D eigenvalue weighted by atomic mass is 10.3. The van der Waals surface area contributed by atoms with Crippen LogP contribution in [0.2, 0.25) is 0 Å². The van der Waals surface area contributed by atoms with E-state index in [0.29, 0.717) is 0 Å². The van der Waals surface area contributed by atoms with E-state index < -0.39 is 4.92 Å². The molecule has 6 heteroatoms. The van der Waals surface area contributed by atoms with E-state index in [-0.39, 0.29) is 34.9 Å². The first kappa shape index (κ1) is 12.0. The third-order valence-corrected chi connectivity index (χ3v) is 0.889. The van der Waals surface area contributed by atoms with Crippen molar-refractivity contribution < 1.29 is 4.92 Å². The van der Waals surface area contributed by atoms with Crippen molar-refractivity contribution in [2.75, 3.05) is 0 Å². The number of hydrogen-bond donors (Lipinski definition) is 2. The maximum Gasteiger partial charge on any atom is 0.285 e. The van der Waals surface area contributed by atoms with Crippen LogP contribution in [0.15, 0.2) is 11.5 Å². The quantitative estimate of drug-likeness (QED) is 0.509. The van der Waals surface area contributed by atoms with Crippen molar-refractivity contribution in [3.63, 3.8) is 0 Å². The van der Waals surface area contributed by atoms with Crippen LogP contribution in [0.1, 0.15) is 13.3 Å². The number of halogens is 1. The number of hydrogen-bond acceptors (Lipinski definition) is 4. The SMILES string of the molecule is Br.CCC(=C(N)N)[N+](=O)[O-]. The van der Waals surface area contributed by atoms with Gasteiger partial charge in [-0.15, -0.1) is 17.0 Å². The molecule has 0 unspecified atom stereocenters. The Morgan fingerprint density at radius 3 is 2.00 bits per heavy atom. The minimum atomic E-state index is -0.574. The van der Waals surface area contributed by atoms with E-state index in [4.69, 9.17) is 11.5 Å². The molecule has 0 aliphatic heterocycles. The number of nitrogens with two attached hydrogens (primary N) is 2. The predicted molar refractivity (Wildman–Crippen MR) is 43.0 cm³/mol. The topological polar surface area (TPSA) is 95.2 Å². The van der Waals surface area contributed by atoms with Gasteiger partial charge in [-0.2, -0.15) is 0 Å². The fourth-order valence-electron chi connectivity index (χ4n) is 0.439. The van der Waals surface area contributed by atoms with E-state index in [1.54, 1.807) is 6.92 Å². The fraction of sp³-hybridized carbons (Fsp3) is 0.500. The minimum absolute atomic E-state index is 0. The molecule has 10 heavy (non-hydrogen) atoms. The summed E-state index contributed by atoms with van der Waals surface area (Å²) in [6, 6.07) is 0. The average molecular weight is 212 g/mol. The number of nitro groups is 1. The summed E-state index contributed by atoms with van der Waals surface area (Å²) in [4.78, 5) is 9.39. The summed E-state index contributed by atoms with van der Waals surface area (Å²) in [6.07, 6.45) is 0.259. The molecule has 0 atom stereocenters. The lowest BCUT2D eigenvalue weighted by molar-refractivity contribution is -0.428. The zero-order valence-electron chi connectivity index (χ0n) is 5.53. The summed E-state index contributed by atoms with van der Waals surface area (Å²) in [5, 5.41) is 9.96. The van der Waals surface area contributed by atoms with Crippen LogP contribution in [0.4, 0.5) is 0 Å². The Labute approximate surface area is 69.0 Å². The van der Waals surface area contributed by atoms with E-state index in [2.05, 4.69) is 0 Å². The van der Waals surface area contributed by atoms with E-state index in [1.807, 2.05) is 0 Å². The first-order valence-corrected chi connectivity index (χ1v) is 2.48. The summed E-state index contributed by atoms with van der Waals surface area (Å²) in [6.45, 7) is 1.62. The monoisotopic (exact) mass is 211 g/mol. The first-order valence-electron chi connectivity index (χ1n) is 2.48. The molecule has 0 radical (unpaired) electrons. The van der Waals surface area contributed by atoms with E-state index in [1.165, 1.54) is 0 Å². The molecule has 0 amide bonds. The van der Waals surface area contributed by atoms with Crippen molar-refractivity contribution >= 4 is 17.0 Å². The van der Waals surface area contributed by atoms with Gasteiger partial charge in [-0.1, -0.05) is 6.92 Å². The summed E-state index contributed by atoms with van der Waals surface area (Å²) in [7, 11) is 0. The highest BCUT2D eigenvalue weighted by Crippen LogP contribution is 1.99. The van der Waals surface area contributed by atoms with Crippen molar-refractivity contribution in [1.82, 2.24) is 0 Å². The summed E-state index contributed by atoms with van der Waals surface area (Å²) < 4.78 is 0. The van der Waals surface area contributed by atoms with Crippen molar-refractivity contribution in [2.24, 2.45) is 11.5 Å². The van der Waals surface area contributed by atoms with Crippen LogP contribution in [-0.2, 0) is 0 Å². The molecule has 60 valence electrons. The average Bonchev–Trinajstić information content (AvgIpc) is 1.64. The van der Waals surface area contributed by atoms with Crippen molar-refractivity contribution in [1.29, 1.82) is 0 Å². The van der Waals surface area contributed by atoms with E-state index in [0.717, 1.165) is 0 Å². The largest absolute Gasteiger partial charge is 0.380 e. The van der Waals surface area contributed by atoms with Crippen LogP contribution in [0.5, 0.6) is 0 Å². The molecule has 0 aliphatic rings. The summed E-state index contributed by atoms with van der Waals surface area (Å²) in [5.74, 6) is -0.206. The second-order valence-electron chi connectivity index (χ2n) is 1.51. The van der Waals surface area contributed by atoms with E-state index in [9.17, 15) is 10.1 Å². The second-order valence-corrected chi connectivity index (χ2v) is 1.51. The van der Waals surface area contributed by atoms with Gasteiger partial charge in [-0.05, 0) is 0 Å². The first-order chi connectivity index (χ1) is 4.09. The lowest BCUT2D eigenvalue weighted by Crippen LogP contribution is -2.16. The summed E-state index contributed by atoms with van der Waals surface area (Å²) in [5.41, 5.74) is 9.81. The van der Waals surface area contributed by atoms with Gasteiger partial charge in [0.05, 0.1) is 4.92 Å². The Morgan fingerprint density at radius 2 is 2.00 bits per heavy atom. The zero-order chi connectivity index (χ0) is 7.44. The molecule has 0 aromatic rings. The van der Waals surface area contributed by atoms with Gasteiger partial charge in [0.1, 0.15) is 0 Å². The predicted octanol–water partition coefficient (Wildman–Crippen LogP) is 0.338. The van der Waals surface area contributed by atoms with Crippen LogP contribution in [0.25, 0.3) is 0 Å². The maximum atomic E-state index is 9.96. The smallest absolute Gasteiger partial charge is 0.285 e. The highest BCUT2D eigenvalue weighted by Gasteiger charge is 2.09. The number of allylic oxidation sites excluding steroid dienone is 1. The molecular formula is C4H10BrN3O2. The minimum Gasteiger partial charge on any atom is -0.380 e. The van der Waals surface area contributed by atoms with Crippen molar-refractivity contribution in [3.8, 4) is 0 Å². The molecule has 0 heterocycles. The van der Waals surface area contributed by atoms with Crippen molar-refractivity contribution in [3.05, 3.63) is 21.6 Å². The van der Waals surface area contributed by atoms with Gasteiger partial charge in [-0.25, -0.2) is 0 Å². The number of nitrogens with zero attached hydrogens (tertiary/aromatic N) is 1. The fourth-order valence-corrected chi connectivity index (χ4v) is 0.439. The van der Waals surface area contributed by atoms with Gasteiger partial charge < -0.3 is 11.5 Å². The molecule has 0 spiro atoms. The van der Waals surface area contributed by atoms with Gasteiger partial charge in [0.15, 0.2) is 5.82 Å². The van der Waals surface area contributed by atoms with Gasteiger partial charge in [-0.3, -0.25) is 10.1 Å². The molecule has 0 rings (SSSR count). The van der Waals surface area contributed by atoms with Gasteiger partial charge in [0.2, 0.25) is 0 Å². The molecule has 5 nitrogen and oxygen atoms in total. The highest BCUT2D eigenvalue weighted by molar-refractivity contribution is 8.93. The van der Waals surface area contributed by atoms with Gasteiger partial charge in [0, 0.05) is 6.42 Å². The molecule has 0 aliphatic carbocycles. The van der Waals surface area contributed by atoms with Crippen molar-refractivity contribution in [2.45, 2.75) is 13.3 Å². The van der Waals surface area contributed by atoms with Gasteiger partial charge >= 0.3 is 0 Å². The van der Waals surface area contributed by atoms with Crippen LogP contribution in [0.3, 0.4) is 0 Å². The standard InChI is InChI=1S/C4H9N3O2.BrH/c1-2-3(4(5)6)7(8)9;/h2,5-6H2,1H3;1H. The number of rotatable bonds is 2. The van der Waals surface area contributed by atoms with Crippen LogP contribution < -0.4 is 11.5 Å². The molecule has 0 fully saturated rings. The Hall–Kier alpha value is -0.780. The molecule has 0 saturated heterocycles. The molecule has 0 saturated carbocycles. The lowest BCUT2D eigenvalue weighted by Gasteiger charge is -1.93. The Kier molecular flexibility index (Phi) is 6.02. The molecule has 4 N–H and O–H groups in total. The van der Waals surface area contributed by atoms with Crippen LogP contribution in [-0.4, -0.2) is 4.92 Å². The third-order valence-electron chi connectivity index (χ3n) is 0.889. The molecular weight excluding hydrogens is 202 g/mol. The normalized spacial score (nSPS) is 7.70. The Morgan fingerprint density at radius 1 is 1.60 bits per heavy atom. The van der Waals surface area contributed by atoms with Crippen LogP contribution >= 0.6 is 17.0 Å². The van der Waals surface area contributed by atoms with E-state index >= 15 is 0 Å². The molecule has 0 aromatic carbocycles. The van der Waals surface area contributed by atoms with Crippen LogP contribution in [0, 0.1) is 10.1 Å². The molecule has 0 aromatic heterocycles. The highest BCUT2D eigenvalue weighted by atomic mass is 79.9. The summed E-state index contributed by atoms with van der Waals surface area (Å²) >= 11 is 0. The second kappa shape index (κ2) is 5.04.